The van der Waals surface area contributed by atoms with Crippen LogP contribution in [0, 0.1) is 11.8 Å². The molecule has 1 amide bonds. The molecule has 2 fully saturated rings. The van der Waals surface area contributed by atoms with Crippen molar-refractivity contribution >= 4 is 29.1 Å². The Hall–Kier alpha value is -0.0300. The monoisotopic (exact) mass is 322 g/mol. The number of aliphatic hydroxyl groups excluding tert-OH is 1. The highest BCUT2D eigenvalue weighted by Gasteiger charge is 2.42. The maximum absolute atomic E-state index is 11.0. The van der Waals surface area contributed by atoms with Gasteiger partial charge < -0.3 is 15.7 Å². The van der Waals surface area contributed by atoms with Gasteiger partial charge in [-0.2, -0.15) is 0 Å². The maximum atomic E-state index is 11.0. The number of rotatable bonds is 3. The summed E-state index contributed by atoms with van der Waals surface area (Å²) in [7, 11) is 0. The van der Waals surface area contributed by atoms with E-state index in [1.165, 1.54) is 6.92 Å². The molecule has 0 aromatic carbocycles. The summed E-state index contributed by atoms with van der Waals surface area (Å²) < 4.78 is 0. The fraction of sp³-hybridized carbons (Fsp3) is 0.929. The molecular formula is C14H24Cl2N2O2. The Morgan fingerprint density at radius 1 is 1.35 bits per heavy atom. The Labute approximate surface area is 130 Å². The van der Waals surface area contributed by atoms with Gasteiger partial charge in [0.15, 0.2) is 0 Å². The molecule has 116 valence electrons. The van der Waals surface area contributed by atoms with Gasteiger partial charge in [0, 0.05) is 25.4 Å². The van der Waals surface area contributed by atoms with E-state index < -0.39 is 0 Å². The van der Waals surface area contributed by atoms with Gasteiger partial charge in [-0.05, 0) is 38.1 Å². The Morgan fingerprint density at radius 2 is 2.10 bits per heavy atom. The van der Waals surface area contributed by atoms with Crippen LogP contribution in [0.5, 0.6) is 0 Å². The highest BCUT2D eigenvalue weighted by atomic mass is 35.5. The molecule has 6 atom stereocenters. The molecule has 4 unspecified atom stereocenters. The molecule has 0 spiro atoms. The predicted molar refractivity (Wildman–Crippen MR) is 81.2 cm³/mol. The van der Waals surface area contributed by atoms with Gasteiger partial charge in [0.05, 0.1) is 16.9 Å². The zero-order valence-electron chi connectivity index (χ0n) is 11.8. The Balaban J connectivity index is 1.94. The minimum atomic E-state index is -0.350. The number of hydrogen-bond donors (Lipinski definition) is 3. The smallest absolute Gasteiger partial charge is 0.216 e. The second kappa shape index (κ2) is 7.30. The maximum Gasteiger partial charge on any atom is 0.216 e. The largest absolute Gasteiger partial charge is 0.393 e. The third-order valence-corrected chi connectivity index (χ3v) is 5.79. The first kappa shape index (κ1) is 16.3. The molecule has 0 aromatic rings. The van der Waals surface area contributed by atoms with Crippen LogP contribution < -0.4 is 10.6 Å². The predicted octanol–water partition coefficient (Wildman–Crippen LogP) is 1.48. The van der Waals surface area contributed by atoms with Gasteiger partial charge in [-0.1, -0.05) is 0 Å². The van der Waals surface area contributed by atoms with Crippen molar-refractivity contribution in [2.24, 2.45) is 11.8 Å². The minimum Gasteiger partial charge on any atom is -0.393 e. The summed E-state index contributed by atoms with van der Waals surface area (Å²) in [4.78, 5) is 11.0. The number of carbonyl (C=O) groups excluding carboxylic acids is 1. The molecule has 4 nitrogen and oxygen atoms in total. The highest BCUT2D eigenvalue weighted by Crippen LogP contribution is 2.40. The Bertz CT molecular complexity index is 343. The quantitative estimate of drug-likeness (QED) is 0.690. The van der Waals surface area contributed by atoms with Crippen LogP contribution in [0.4, 0.5) is 0 Å². The molecular weight excluding hydrogens is 299 g/mol. The van der Waals surface area contributed by atoms with Crippen LogP contribution in [0.25, 0.3) is 0 Å². The lowest BCUT2D eigenvalue weighted by atomic mass is 9.72. The average molecular weight is 323 g/mol. The van der Waals surface area contributed by atoms with E-state index in [9.17, 15) is 9.90 Å². The van der Waals surface area contributed by atoms with Crippen LogP contribution >= 0.6 is 23.2 Å². The lowest BCUT2D eigenvalue weighted by molar-refractivity contribution is -0.119. The van der Waals surface area contributed by atoms with E-state index in [0.29, 0.717) is 12.5 Å². The van der Waals surface area contributed by atoms with E-state index in [1.807, 2.05) is 0 Å². The molecule has 2 rings (SSSR count). The van der Waals surface area contributed by atoms with Crippen molar-refractivity contribution in [1.82, 2.24) is 10.6 Å². The first-order valence-corrected chi connectivity index (χ1v) is 8.30. The first-order chi connectivity index (χ1) is 9.49. The van der Waals surface area contributed by atoms with Crippen LogP contribution in [0.3, 0.4) is 0 Å². The third-order valence-electron chi connectivity index (χ3n) is 4.57. The molecule has 2 aliphatic rings. The topological polar surface area (TPSA) is 61.4 Å². The van der Waals surface area contributed by atoms with E-state index in [4.69, 9.17) is 23.2 Å². The van der Waals surface area contributed by atoms with E-state index in [-0.39, 0.29) is 34.7 Å². The van der Waals surface area contributed by atoms with E-state index in [0.717, 1.165) is 32.2 Å². The minimum absolute atomic E-state index is 0.0114. The van der Waals surface area contributed by atoms with Crippen LogP contribution in [-0.2, 0) is 4.79 Å². The van der Waals surface area contributed by atoms with Crippen molar-refractivity contribution in [1.29, 1.82) is 0 Å². The Morgan fingerprint density at radius 3 is 2.80 bits per heavy atom. The third kappa shape index (κ3) is 4.00. The molecule has 3 N–H and O–H groups in total. The van der Waals surface area contributed by atoms with Crippen molar-refractivity contribution in [2.75, 3.05) is 13.1 Å². The second-order valence-electron chi connectivity index (χ2n) is 6.06. The summed E-state index contributed by atoms with van der Waals surface area (Å²) in [5.74, 6) is 0.423. The van der Waals surface area contributed by atoms with Crippen molar-refractivity contribution < 1.29 is 9.90 Å². The fourth-order valence-corrected chi connectivity index (χ4v) is 4.31. The fourth-order valence-electron chi connectivity index (χ4n) is 3.52. The first-order valence-electron chi connectivity index (χ1n) is 7.43. The van der Waals surface area contributed by atoms with Gasteiger partial charge in [0.2, 0.25) is 5.91 Å². The molecule has 0 aromatic heterocycles. The van der Waals surface area contributed by atoms with Gasteiger partial charge in [-0.3, -0.25) is 4.79 Å². The summed E-state index contributed by atoms with van der Waals surface area (Å²) in [5, 5.41) is 16.3. The molecule has 1 aliphatic heterocycles. The van der Waals surface area contributed by atoms with E-state index in [1.54, 1.807) is 0 Å². The van der Waals surface area contributed by atoms with E-state index >= 15 is 0 Å². The number of carbonyl (C=O) groups is 1. The number of alkyl halides is 2. The van der Waals surface area contributed by atoms with Gasteiger partial charge in [0.25, 0.3) is 0 Å². The highest BCUT2D eigenvalue weighted by molar-refractivity contribution is 6.30. The lowest BCUT2D eigenvalue weighted by Crippen LogP contribution is -2.51. The summed E-state index contributed by atoms with van der Waals surface area (Å²) in [6, 6.07) is 0.254. The van der Waals surface area contributed by atoms with Gasteiger partial charge in [0.1, 0.15) is 0 Å². The number of aliphatic hydroxyl groups is 1. The number of halogens is 2. The van der Waals surface area contributed by atoms with Crippen LogP contribution in [0.2, 0.25) is 0 Å². The van der Waals surface area contributed by atoms with Crippen molar-refractivity contribution in [2.45, 2.75) is 55.5 Å². The van der Waals surface area contributed by atoms with Crippen molar-refractivity contribution in [3.8, 4) is 0 Å². The second-order valence-corrected chi connectivity index (χ2v) is 7.12. The number of amides is 1. The molecule has 1 aliphatic carbocycles. The average Bonchev–Trinajstić information content (AvgIpc) is 2.42. The molecule has 0 bridgehead atoms. The molecule has 1 heterocycles. The molecule has 20 heavy (non-hydrogen) atoms. The SMILES string of the molecule is CC(=O)NC[C@H]1C[C@@H](C2C(O)CCC(Cl)C2Cl)CCN1. The Kier molecular flexibility index (Phi) is 5.96. The van der Waals surface area contributed by atoms with Gasteiger partial charge >= 0.3 is 0 Å². The van der Waals surface area contributed by atoms with Crippen molar-refractivity contribution in [3.05, 3.63) is 0 Å². The van der Waals surface area contributed by atoms with Gasteiger partial charge in [-0.15, -0.1) is 23.2 Å². The molecule has 6 heteroatoms. The zero-order valence-corrected chi connectivity index (χ0v) is 13.3. The lowest BCUT2D eigenvalue weighted by Gasteiger charge is -2.43. The number of hydrogen-bond acceptors (Lipinski definition) is 3. The summed E-state index contributed by atoms with van der Waals surface area (Å²) in [6.07, 6.45) is 3.10. The molecule has 1 saturated heterocycles. The van der Waals surface area contributed by atoms with Crippen LogP contribution in [-0.4, -0.2) is 47.0 Å². The molecule has 0 radical (unpaired) electrons. The van der Waals surface area contributed by atoms with Crippen LogP contribution in [0.1, 0.15) is 32.6 Å². The summed E-state index contributed by atoms with van der Waals surface area (Å²) in [5.41, 5.74) is 0. The summed E-state index contributed by atoms with van der Waals surface area (Å²) >= 11 is 12.7. The number of piperidine rings is 1. The molecule has 1 saturated carbocycles. The summed E-state index contributed by atoms with van der Waals surface area (Å²) in [6.45, 7) is 3.05. The van der Waals surface area contributed by atoms with E-state index in [2.05, 4.69) is 10.6 Å². The van der Waals surface area contributed by atoms with Crippen molar-refractivity contribution in [3.63, 3.8) is 0 Å². The zero-order chi connectivity index (χ0) is 14.7. The normalized spacial score (nSPS) is 42.2. The standard InChI is InChI=1S/C14H24Cl2N2O2/c1-8(19)18-7-10-6-9(4-5-17-10)13-12(20)3-2-11(15)14(13)16/h9-14,17,20H,2-7H2,1H3,(H,18,19)/t9-,10+,11?,12?,13?,14?/m0/s1. The van der Waals surface area contributed by atoms with Crippen LogP contribution in [0.15, 0.2) is 0 Å². The number of nitrogens with one attached hydrogen (secondary N) is 2. The van der Waals surface area contributed by atoms with Gasteiger partial charge in [-0.25, -0.2) is 0 Å².